The fourth-order valence-corrected chi connectivity index (χ4v) is 2.59. The van der Waals surface area contributed by atoms with E-state index in [1.54, 1.807) is 36.4 Å². The Hall–Kier alpha value is -2.60. The molecule has 0 saturated heterocycles. The number of hydrogen-bond acceptors (Lipinski definition) is 5. The van der Waals surface area contributed by atoms with Crippen LogP contribution in [0.2, 0.25) is 0 Å². The van der Waals surface area contributed by atoms with Gasteiger partial charge in [-0.05, 0) is 49.6 Å². The standard InChI is InChI=1S/C18H17NO4S/c1-12(20)13-7-9-14(10-8-13)19-17(21)11-23-18(22)15-5-3-4-6-16(15)24-2/h3-10H,11H2,1-2H3,(H,19,21). The van der Waals surface area contributed by atoms with Crippen LogP contribution >= 0.6 is 11.8 Å². The van der Waals surface area contributed by atoms with Gasteiger partial charge in [0, 0.05) is 16.1 Å². The van der Waals surface area contributed by atoms with E-state index < -0.39 is 11.9 Å². The van der Waals surface area contributed by atoms with E-state index in [2.05, 4.69) is 5.32 Å². The number of ether oxygens (including phenoxy) is 1. The summed E-state index contributed by atoms with van der Waals surface area (Å²) >= 11 is 1.44. The third-order valence-electron chi connectivity index (χ3n) is 3.24. The quantitative estimate of drug-likeness (QED) is 0.494. The molecule has 24 heavy (non-hydrogen) atoms. The van der Waals surface area contributed by atoms with Crippen molar-refractivity contribution in [2.45, 2.75) is 11.8 Å². The monoisotopic (exact) mass is 343 g/mol. The van der Waals surface area contributed by atoms with E-state index in [-0.39, 0.29) is 12.4 Å². The molecule has 0 saturated carbocycles. The van der Waals surface area contributed by atoms with E-state index in [0.717, 1.165) is 4.90 Å². The molecule has 0 aliphatic rings. The van der Waals surface area contributed by atoms with Crippen LogP contribution in [0.25, 0.3) is 0 Å². The number of Topliss-reactive ketones (excluding diaryl/α,β-unsaturated/α-hetero) is 1. The van der Waals surface area contributed by atoms with Crippen LogP contribution in [0.1, 0.15) is 27.6 Å². The summed E-state index contributed by atoms with van der Waals surface area (Å²) in [5, 5.41) is 2.61. The van der Waals surface area contributed by atoms with Crippen LogP contribution in [0, 0.1) is 0 Å². The van der Waals surface area contributed by atoms with Crippen LogP contribution in [0.5, 0.6) is 0 Å². The van der Waals surface area contributed by atoms with Gasteiger partial charge in [0.05, 0.1) is 5.56 Å². The molecule has 0 aromatic heterocycles. The van der Waals surface area contributed by atoms with Crippen molar-refractivity contribution in [2.75, 3.05) is 18.2 Å². The molecule has 0 aliphatic carbocycles. The number of rotatable bonds is 6. The molecule has 2 aromatic rings. The molecule has 2 aromatic carbocycles. The lowest BCUT2D eigenvalue weighted by atomic mass is 10.1. The van der Waals surface area contributed by atoms with Crippen LogP contribution in [-0.4, -0.2) is 30.5 Å². The summed E-state index contributed by atoms with van der Waals surface area (Å²) in [6.45, 7) is 1.09. The van der Waals surface area contributed by atoms with E-state index >= 15 is 0 Å². The first kappa shape index (κ1) is 17.7. The molecule has 1 N–H and O–H groups in total. The molecule has 0 heterocycles. The molecule has 0 fully saturated rings. The summed E-state index contributed by atoms with van der Waals surface area (Å²) in [7, 11) is 0. The number of thioether (sulfide) groups is 1. The Morgan fingerprint density at radius 1 is 1.04 bits per heavy atom. The van der Waals surface area contributed by atoms with Gasteiger partial charge in [-0.2, -0.15) is 0 Å². The van der Waals surface area contributed by atoms with Crippen molar-refractivity contribution in [3.8, 4) is 0 Å². The number of carbonyl (C=O) groups is 3. The molecule has 2 rings (SSSR count). The minimum atomic E-state index is -0.540. The Morgan fingerprint density at radius 3 is 2.33 bits per heavy atom. The third kappa shape index (κ3) is 4.70. The second-order valence-corrected chi connectivity index (χ2v) is 5.81. The summed E-state index contributed by atoms with van der Waals surface area (Å²) in [6.07, 6.45) is 1.86. The average Bonchev–Trinajstić information content (AvgIpc) is 2.60. The second kappa shape index (κ2) is 8.31. The molecule has 1 amide bonds. The van der Waals surface area contributed by atoms with Gasteiger partial charge in [-0.25, -0.2) is 4.79 Å². The number of carbonyl (C=O) groups excluding carboxylic acids is 3. The number of ketones is 1. The molecule has 124 valence electrons. The lowest BCUT2D eigenvalue weighted by Gasteiger charge is -2.09. The number of anilines is 1. The summed E-state index contributed by atoms with van der Waals surface area (Å²) in [4.78, 5) is 35.9. The first-order valence-electron chi connectivity index (χ1n) is 7.22. The van der Waals surface area contributed by atoms with Gasteiger partial charge in [0.2, 0.25) is 0 Å². The van der Waals surface area contributed by atoms with E-state index in [4.69, 9.17) is 4.74 Å². The maximum Gasteiger partial charge on any atom is 0.339 e. The SMILES string of the molecule is CSc1ccccc1C(=O)OCC(=O)Nc1ccc(C(C)=O)cc1. The van der Waals surface area contributed by atoms with Crippen molar-refractivity contribution in [3.63, 3.8) is 0 Å². The van der Waals surface area contributed by atoms with Crippen molar-refractivity contribution in [1.29, 1.82) is 0 Å². The normalized spacial score (nSPS) is 10.1. The highest BCUT2D eigenvalue weighted by atomic mass is 32.2. The van der Waals surface area contributed by atoms with Crippen molar-refractivity contribution >= 4 is 35.1 Å². The van der Waals surface area contributed by atoms with E-state index in [1.165, 1.54) is 18.7 Å². The van der Waals surface area contributed by atoms with Crippen LogP contribution < -0.4 is 5.32 Å². The predicted octanol–water partition coefficient (Wildman–Crippen LogP) is 3.41. The Kier molecular flexibility index (Phi) is 6.14. The molecule has 0 atom stereocenters. The van der Waals surface area contributed by atoms with Crippen LogP contribution in [-0.2, 0) is 9.53 Å². The minimum absolute atomic E-state index is 0.0470. The molecule has 0 bridgehead atoms. The van der Waals surface area contributed by atoms with Gasteiger partial charge in [0.15, 0.2) is 12.4 Å². The first-order chi connectivity index (χ1) is 11.5. The van der Waals surface area contributed by atoms with Crippen molar-refractivity contribution in [2.24, 2.45) is 0 Å². The smallest absolute Gasteiger partial charge is 0.339 e. The highest BCUT2D eigenvalue weighted by Gasteiger charge is 2.13. The van der Waals surface area contributed by atoms with Crippen LogP contribution in [0.4, 0.5) is 5.69 Å². The van der Waals surface area contributed by atoms with Gasteiger partial charge in [-0.15, -0.1) is 11.8 Å². The fraction of sp³-hybridized carbons (Fsp3) is 0.167. The maximum atomic E-state index is 12.0. The van der Waals surface area contributed by atoms with Gasteiger partial charge in [0.25, 0.3) is 5.91 Å². The number of hydrogen-bond donors (Lipinski definition) is 1. The molecule has 0 radical (unpaired) electrons. The highest BCUT2D eigenvalue weighted by Crippen LogP contribution is 2.20. The van der Waals surface area contributed by atoms with Gasteiger partial charge in [-0.3, -0.25) is 9.59 Å². The summed E-state index contributed by atoms with van der Waals surface area (Å²) in [6, 6.07) is 13.5. The van der Waals surface area contributed by atoms with Gasteiger partial charge < -0.3 is 10.1 Å². The predicted molar refractivity (Wildman–Crippen MR) is 93.6 cm³/mol. The van der Waals surface area contributed by atoms with Crippen LogP contribution in [0.15, 0.2) is 53.4 Å². The number of benzene rings is 2. The first-order valence-corrected chi connectivity index (χ1v) is 8.44. The van der Waals surface area contributed by atoms with E-state index in [1.807, 2.05) is 18.4 Å². The van der Waals surface area contributed by atoms with Crippen molar-refractivity contribution in [1.82, 2.24) is 0 Å². The summed E-state index contributed by atoms with van der Waals surface area (Å²) < 4.78 is 5.05. The molecule has 5 nitrogen and oxygen atoms in total. The molecular weight excluding hydrogens is 326 g/mol. The zero-order chi connectivity index (χ0) is 17.5. The lowest BCUT2D eigenvalue weighted by Crippen LogP contribution is -2.21. The van der Waals surface area contributed by atoms with Gasteiger partial charge in [-0.1, -0.05) is 12.1 Å². The molecule has 0 aliphatic heterocycles. The van der Waals surface area contributed by atoms with E-state index in [9.17, 15) is 14.4 Å². The van der Waals surface area contributed by atoms with Crippen molar-refractivity contribution in [3.05, 3.63) is 59.7 Å². The number of nitrogens with one attached hydrogen (secondary N) is 1. The molecule has 0 spiro atoms. The fourth-order valence-electron chi connectivity index (χ4n) is 2.01. The zero-order valence-electron chi connectivity index (χ0n) is 13.4. The Labute approximate surface area is 144 Å². The van der Waals surface area contributed by atoms with Crippen LogP contribution in [0.3, 0.4) is 0 Å². The third-order valence-corrected chi connectivity index (χ3v) is 4.03. The number of esters is 1. The Balaban J connectivity index is 1.91. The minimum Gasteiger partial charge on any atom is -0.452 e. The highest BCUT2D eigenvalue weighted by molar-refractivity contribution is 7.98. The van der Waals surface area contributed by atoms with Gasteiger partial charge >= 0.3 is 5.97 Å². The second-order valence-electron chi connectivity index (χ2n) is 4.96. The molecule has 6 heteroatoms. The number of amides is 1. The Bertz CT molecular complexity index is 756. The molecular formula is C18H17NO4S. The van der Waals surface area contributed by atoms with E-state index in [0.29, 0.717) is 16.8 Å². The largest absolute Gasteiger partial charge is 0.452 e. The average molecular weight is 343 g/mol. The summed E-state index contributed by atoms with van der Waals surface area (Å²) in [5.41, 5.74) is 1.53. The topological polar surface area (TPSA) is 72.5 Å². The maximum absolute atomic E-state index is 12.0. The zero-order valence-corrected chi connectivity index (χ0v) is 14.2. The van der Waals surface area contributed by atoms with Crippen molar-refractivity contribution < 1.29 is 19.1 Å². The van der Waals surface area contributed by atoms with Gasteiger partial charge in [0.1, 0.15) is 0 Å². The molecule has 0 unspecified atom stereocenters. The lowest BCUT2D eigenvalue weighted by molar-refractivity contribution is -0.119. The summed E-state index contributed by atoms with van der Waals surface area (Å²) in [5.74, 6) is -1.03. The Morgan fingerprint density at radius 2 is 1.71 bits per heavy atom.